The Kier molecular flexibility index (Phi) is 6.85. The first-order chi connectivity index (χ1) is 17.3. The normalized spacial score (nSPS) is 34.5. The first-order valence-electron chi connectivity index (χ1n) is 13.6. The minimum atomic E-state index is -1.05. The summed E-state index contributed by atoms with van der Waals surface area (Å²) >= 11 is 0. The Balaban J connectivity index is 1.45. The van der Waals surface area contributed by atoms with E-state index < -0.39 is 35.1 Å². The number of amides is 3. The molecule has 0 radical (unpaired) electrons. The molecule has 2 bridgehead atoms. The Hall–Kier alpha value is -2.45. The summed E-state index contributed by atoms with van der Waals surface area (Å²) in [5, 5.41) is 16.4. The summed E-state index contributed by atoms with van der Waals surface area (Å²) in [5.41, 5.74) is -0.885. The van der Waals surface area contributed by atoms with Crippen LogP contribution >= 0.6 is 0 Å². The summed E-state index contributed by atoms with van der Waals surface area (Å²) in [6.45, 7) is 3.94. The van der Waals surface area contributed by atoms with Gasteiger partial charge in [0.2, 0.25) is 17.7 Å². The lowest BCUT2D eigenvalue weighted by Gasteiger charge is -2.37. The molecule has 1 aromatic carbocycles. The van der Waals surface area contributed by atoms with E-state index in [1.54, 1.807) is 4.90 Å². The molecule has 5 rings (SSSR count). The van der Waals surface area contributed by atoms with E-state index in [1.807, 2.05) is 44.2 Å². The number of nitrogens with one attached hydrogen (secondary N) is 2. The zero-order valence-electron chi connectivity index (χ0n) is 21.4. The third-order valence-corrected chi connectivity index (χ3v) is 9.08. The van der Waals surface area contributed by atoms with Crippen LogP contribution in [0.4, 0.5) is 0 Å². The number of carbonyl (C=O) groups is 3. The number of aliphatic hydroxyl groups is 1. The van der Waals surface area contributed by atoms with Crippen molar-refractivity contribution in [3.05, 3.63) is 35.9 Å². The zero-order valence-corrected chi connectivity index (χ0v) is 21.4. The molecule has 1 aliphatic carbocycles. The quantitative estimate of drug-likeness (QED) is 0.511. The lowest BCUT2D eigenvalue weighted by molar-refractivity contribution is -0.150. The molecule has 4 fully saturated rings. The average molecular weight is 498 g/mol. The lowest BCUT2D eigenvalue weighted by Crippen LogP contribution is -2.59. The number of nitrogens with zero attached hydrogens (tertiary/aromatic N) is 1. The molecule has 2 unspecified atom stereocenters. The van der Waals surface area contributed by atoms with Gasteiger partial charge in [-0.1, -0.05) is 56.5 Å². The van der Waals surface area contributed by atoms with E-state index in [9.17, 15) is 19.5 Å². The average Bonchev–Trinajstić information content (AvgIpc) is 3.46. The van der Waals surface area contributed by atoms with Crippen LogP contribution in [0.25, 0.3) is 0 Å². The molecule has 3 heterocycles. The van der Waals surface area contributed by atoms with Gasteiger partial charge in [0, 0.05) is 12.6 Å². The maximum Gasteiger partial charge on any atom is 0.246 e. The van der Waals surface area contributed by atoms with Gasteiger partial charge in [-0.25, -0.2) is 0 Å². The summed E-state index contributed by atoms with van der Waals surface area (Å²) in [7, 11) is 0. The van der Waals surface area contributed by atoms with Gasteiger partial charge >= 0.3 is 0 Å². The third kappa shape index (κ3) is 4.02. The van der Waals surface area contributed by atoms with Gasteiger partial charge in [0.25, 0.3) is 0 Å². The monoisotopic (exact) mass is 497 g/mol. The molecular weight excluding hydrogens is 458 g/mol. The van der Waals surface area contributed by atoms with Crippen LogP contribution in [-0.4, -0.2) is 63.7 Å². The maximum absolute atomic E-state index is 14.0. The summed E-state index contributed by atoms with van der Waals surface area (Å²) in [5.74, 6) is -2.10. The molecule has 3 amide bonds. The van der Waals surface area contributed by atoms with Crippen LogP contribution in [0.15, 0.2) is 30.3 Å². The molecule has 0 aromatic heterocycles. The minimum absolute atomic E-state index is 0.0898. The van der Waals surface area contributed by atoms with E-state index >= 15 is 0 Å². The van der Waals surface area contributed by atoms with Gasteiger partial charge in [0.1, 0.15) is 11.6 Å². The van der Waals surface area contributed by atoms with Crippen molar-refractivity contribution in [2.24, 2.45) is 11.8 Å². The molecule has 1 spiro atoms. The van der Waals surface area contributed by atoms with Crippen LogP contribution in [0, 0.1) is 11.8 Å². The van der Waals surface area contributed by atoms with Crippen LogP contribution in [0.2, 0.25) is 0 Å². The van der Waals surface area contributed by atoms with Gasteiger partial charge in [-0.2, -0.15) is 0 Å². The van der Waals surface area contributed by atoms with Gasteiger partial charge in [0.05, 0.1) is 30.1 Å². The van der Waals surface area contributed by atoms with Crippen molar-refractivity contribution in [1.82, 2.24) is 15.5 Å². The highest BCUT2D eigenvalue weighted by molar-refractivity contribution is 5.99. The van der Waals surface area contributed by atoms with Crippen LogP contribution in [0.5, 0.6) is 0 Å². The van der Waals surface area contributed by atoms with Crippen molar-refractivity contribution in [2.75, 3.05) is 6.61 Å². The van der Waals surface area contributed by atoms with Crippen LogP contribution < -0.4 is 10.6 Å². The van der Waals surface area contributed by atoms with Crippen LogP contribution in [0.1, 0.15) is 70.8 Å². The Bertz CT molecular complexity index is 992. The number of aliphatic hydroxyl groups excluding tert-OH is 1. The predicted molar refractivity (Wildman–Crippen MR) is 134 cm³/mol. The van der Waals surface area contributed by atoms with Crippen molar-refractivity contribution in [3.63, 3.8) is 0 Å². The fourth-order valence-electron chi connectivity index (χ4n) is 7.29. The molecule has 1 aromatic rings. The Morgan fingerprint density at radius 1 is 1.14 bits per heavy atom. The zero-order chi connectivity index (χ0) is 25.5. The highest BCUT2D eigenvalue weighted by Crippen LogP contribution is 2.63. The summed E-state index contributed by atoms with van der Waals surface area (Å²) in [6, 6.07) is 8.41. The van der Waals surface area contributed by atoms with E-state index in [2.05, 4.69) is 10.6 Å². The molecule has 8 nitrogen and oxygen atoms in total. The van der Waals surface area contributed by atoms with Crippen LogP contribution in [0.3, 0.4) is 0 Å². The second kappa shape index (κ2) is 9.78. The van der Waals surface area contributed by atoms with Crippen molar-refractivity contribution in [2.45, 2.75) is 101 Å². The highest BCUT2D eigenvalue weighted by atomic mass is 16.5. The second-order valence-electron chi connectivity index (χ2n) is 11.3. The molecule has 196 valence electrons. The molecule has 8 heteroatoms. The first kappa shape index (κ1) is 25.2. The Morgan fingerprint density at radius 3 is 2.53 bits per heavy atom. The fraction of sp³-hybridized carbons (Fsp3) is 0.679. The molecule has 1 saturated carbocycles. The number of carbonyl (C=O) groups excluding carboxylic acids is 3. The summed E-state index contributed by atoms with van der Waals surface area (Å²) < 4.78 is 6.65. The van der Waals surface area contributed by atoms with E-state index in [0.29, 0.717) is 25.8 Å². The fourth-order valence-corrected chi connectivity index (χ4v) is 7.29. The van der Waals surface area contributed by atoms with E-state index in [1.165, 1.54) is 6.42 Å². The molecule has 3 N–H and O–H groups in total. The summed E-state index contributed by atoms with van der Waals surface area (Å²) in [4.78, 5) is 43.1. The van der Waals surface area contributed by atoms with Crippen molar-refractivity contribution >= 4 is 17.7 Å². The maximum atomic E-state index is 14.0. The number of hydrogen-bond donors (Lipinski definition) is 3. The number of rotatable bonds is 8. The standard InChI is InChI=1S/C28H39N3O5/c1-3-20(17-32)31-23(25(34)30-19-12-8-5-9-13-19)28-15-14-27(2,36-28)21(22(28)26(31)35)24(33)29-16-18-10-6-4-7-11-18/h4,6-7,10-11,19-23,32H,3,5,8-9,12-17H2,1-2H3,(H,29,33)(H,30,34)/t20-,21+,22-,23?,27-,28?/m0/s1. The van der Waals surface area contributed by atoms with Gasteiger partial charge < -0.3 is 25.4 Å². The largest absolute Gasteiger partial charge is 0.394 e. The number of hydrogen-bond acceptors (Lipinski definition) is 5. The third-order valence-electron chi connectivity index (χ3n) is 9.08. The number of ether oxygens (including phenoxy) is 1. The number of fused-ring (bicyclic) bond motifs is 1. The molecule has 4 aliphatic rings. The number of benzene rings is 1. The molecule has 3 saturated heterocycles. The minimum Gasteiger partial charge on any atom is -0.394 e. The van der Waals surface area contributed by atoms with Gasteiger partial charge in [-0.05, 0) is 44.6 Å². The SMILES string of the molecule is CC[C@@H](CO)N1C(=O)[C@@H]2[C@H](C(=O)NCc3ccccc3)[C@]3(C)CCC2(O3)C1C(=O)NC1CCCCC1. The predicted octanol–water partition coefficient (Wildman–Crippen LogP) is 2.29. The Morgan fingerprint density at radius 2 is 1.86 bits per heavy atom. The summed E-state index contributed by atoms with van der Waals surface area (Å²) in [6.07, 6.45) is 6.88. The van der Waals surface area contributed by atoms with Crippen molar-refractivity contribution in [3.8, 4) is 0 Å². The first-order valence-corrected chi connectivity index (χ1v) is 13.6. The van der Waals surface area contributed by atoms with E-state index in [4.69, 9.17) is 4.74 Å². The lowest BCUT2D eigenvalue weighted by atomic mass is 9.66. The highest BCUT2D eigenvalue weighted by Gasteiger charge is 2.78. The molecule has 3 aliphatic heterocycles. The van der Waals surface area contributed by atoms with Gasteiger partial charge in [-0.3, -0.25) is 14.4 Å². The van der Waals surface area contributed by atoms with Crippen LogP contribution in [-0.2, 0) is 25.7 Å². The molecular formula is C28H39N3O5. The van der Waals surface area contributed by atoms with Crippen molar-refractivity contribution in [1.29, 1.82) is 0 Å². The Labute approximate surface area is 213 Å². The number of likely N-dealkylation sites (tertiary alicyclic amines) is 1. The van der Waals surface area contributed by atoms with Gasteiger partial charge in [0.15, 0.2) is 0 Å². The smallest absolute Gasteiger partial charge is 0.246 e. The van der Waals surface area contributed by atoms with E-state index in [0.717, 1.165) is 31.2 Å². The second-order valence-corrected chi connectivity index (χ2v) is 11.3. The van der Waals surface area contributed by atoms with Gasteiger partial charge in [-0.15, -0.1) is 0 Å². The molecule has 6 atom stereocenters. The van der Waals surface area contributed by atoms with Crippen molar-refractivity contribution < 1.29 is 24.2 Å². The van der Waals surface area contributed by atoms with E-state index in [-0.39, 0.29) is 30.4 Å². The topological polar surface area (TPSA) is 108 Å². The molecule has 36 heavy (non-hydrogen) atoms.